The van der Waals surface area contributed by atoms with Gasteiger partial charge in [0.05, 0.1) is 12.1 Å². The third kappa shape index (κ3) is 4.07. The zero-order valence-electron chi connectivity index (χ0n) is 11.8. The molecule has 20 heavy (non-hydrogen) atoms. The van der Waals surface area contributed by atoms with Crippen LogP contribution in [0.5, 0.6) is 0 Å². The summed E-state index contributed by atoms with van der Waals surface area (Å²) in [4.78, 5) is 29.3. The van der Waals surface area contributed by atoms with Gasteiger partial charge in [-0.15, -0.1) is 0 Å². The SMILES string of the molecule is CC(NC(=O)c1ncccc1C#CCN)C(=O)N(C)C. The highest BCUT2D eigenvalue weighted by atomic mass is 16.2. The number of amides is 2. The fraction of sp³-hybridized carbons (Fsp3) is 0.357. The number of aromatic nitrogens is 1. The van der Waals surface area contributed by atoms with Crippen molar-refractivity contribution in [3.8, 4) is 11.8 Å². The van der Waals surface area contributed by atoms with Crippen molar-refractivity contribution in [3.05, 3.63) is 29.6 Å². The molecule has 0 fully saturated rings. The molecule has 106 valence electrons. The maximum absolute atomic E-state index is 12.1. The number of nitrogens with one attached hydrogen (secondary N) is 1. The van der Waals surface area contributed by atoms with E-state index in [0.717, 1.165) is 0 Å². The van der Waals surface area contributed by atoms with Crippen LogP contribution < -0.4 is 11.1 Å². The summed E-state index contributed by atoms with van der Waals surface area (Å²) in [6.45, 7) is 1.82. The first kappa shape index (κ1) is 15.7. The van der Waals surface area contributed by atoms with Crippen molar-refractivity contribution < 1.29 is 9.59 Å². The molecule has 1 aromatic rings. The number of pyridine rings is 1. The van der Waals surface area contributed by atoms with Gasteiger partial charge in [0.1, 0.15) is 11.7 Å². The number of rotatable bonds is 3. The van der Waals surface area contributed by atoms with E-state index in [0.29, 0.717) is 5.56 Å². The molecule has 0 spiro atoms. The molecule has 6 nitrogen and oxygen atoms in total. The molecular formula is C14H18N4O2. The van der Waals surface area contributed by atoms with Gasteiger partial charge >= 0.3 is 0 Å². The molecule has 2 amide bonds. The highest BCUT2D eigenvalue weighted by Gasteiger charge is 2.20. The molecule has 1 aromatic heterocycles. The second-order valence-corrected chi connectivity index (χ2v) is 4.33. The Morgan fingerprint density at radius 2 is 2.20 bits per heavy atom. The highest BCUT2D eigenvalue weighted by Crippen LogP contribution is 2.04. The summed E-state index contributed by atoms with van der Waals surface area (Å²) < 4.78 is 0. The minimum Gasteiger partial charge on any atom is -0.347 e. The predicted molar refractivity (Wildman–Crippen MR) is 75.8 cm³/mol. The van der Waals surface area contributed by atoms with Crippen molar-refractivity contribution in [2.45, 2.75) is 13.0 Å². The van der Waals surface area contributed by atoms with E-state index in [-0.39, 0.29) is 18.1 Å². The average Bonchev–Trinajstić information content (AvgIpc) is 2.44. The van der Waals surface area contributed by atoms with Gasteiger partial charge in [-0.2, -0.15) is 0 Å². The summed E-state index contributed by atoms with van der Waals surface area (Å²) in [6.07, 6.45) is 1.50. The molecule has 1 rings (SSSR count). The van der Waals surface area contributed by atoms with E-state index in [1.807, 2.05) is 0 Å². The number of hydrogen-bond acceptors (Lipinski definition) is 4. The summed E-state index contributed by atoms with van der Waals surface area (Å²) in [6, 6.07) is 2.74. The van der Waals surface area contributed by atoms with Crippen LogP contribution in [0.25, 0.3) is 0 Å². The molecular weight excluding hydrogens is 256 g/mol. The fourth-order valence-corrected chi connectivity index (χ4v) is 1.55. The summed E-state index contributed by atoms with van der Waals surface area (Å²) in [5.74, 6) is 4.84. The first-order chi connectivity index (χ1) is 9.47. The van der Waals surface area contributed by atoms with Crippen LogP contribution in [0.3, 0.4) is 0 Å². The van der Waals surface area contributed by atoms with Gasteiger partial charge in [-0.25, -0.2) is 4.98 Å². The van der Waals surface area contributed by atoms with Gasteiger partial charge in [0.25, 0.3) is 5.91 Å². The molecule has 0 saturated carbocycles. The van der Waals surface area contributed by atoms with Crippen LogP contribution in [0.15, 0.2) is 18.3 Å². The molecule has 1 atom stereocenters. The molecule has 0 saturated heterocycles. The Bertz CT molecular complexity index is 558. The summed E-state index contributed by atoms with van der Waals surface area (Å²) in [7, 11) is 3.26. The van der Waals surface area contributed by atoms with Crippen molar-refractivity contribution in [2.75, 3.05) is 20.6 Å². The largest absolute Gasteiger partial charge is 0.347 e. The Morgan fingerprint density at radius 3 is 2.80 bits per heavy atom. The summed E-state index contributed by atoms with van der Waals surface area (Å²) in [5, 5.41) is 2.60. The normalized spacial score (nSPS) is 11.0. The number of likely N-dealkylation sites (N-methyl/N-ethyl adjacent to an activating group) is 1. The topological polar surface area (TPSA) is 88.3 Å². The smallest absolute Gasteiger partial charge is 0.271 e. The van der Waals surface area contributed by atoms with Crippen LogP contribution in [-0.4, -0.2) is 48.4 Å². The van der Waals surface area contributed by atoms with Crippen LogP contribution in [-0.2, 0) is 4.79 Å². The van der Waals surface area contributed by atoms with Gasteiger partial charge in [-0.05, 0) is 19.1 Å². The number of nitrogens with zero attached hydrogens (tertiary/aromatic N) is 2. The Hall–Kier alpha value is -2.39. The molecule has 0 aliphatic carbocycles. The molecule has 0 aromatic carbocycles. The molecule has 0 radical (unpaired) electrons. The number of carbonyl (C=O) groups is 2. The standard InChI is InChI=1S/C14H18N4O2/c1-10(14(20)18(2)3)17-13(19)12-11(6-4-8-15)7-5-9-16-12/h5,7,9-10H,8,15H2,1-3H3,(H,17,19). The Balaban J connectivity index is 2.90. The zero-order valence-corrected chi connectivity index (χ0v) is 11.8. The minimum atomic E-state index is -0.630. The van der Waals surface area contributed by atoms with Crippen LogP contribution in [0, 0.1) is 11.8 Å². The monoisotopic (exact) mass is 274 g/mol. The Labute approximate surface area is 118 Å². The zero-order chi connectivity index (χ0) is 15.1. The Kier molecular flexibility index (Phi) is 5.69. The highest BCUT2D eigenvalue weighted by molar-refractivity contribution is 5.97. The van der Waals surface area contributed by atoms with Crippen LogP contribution >= 0.6 is 0 Å². The van der Waals surface area contributed by atoms with Crippen molar-refractivity contribution in [2.24, 2.45) is 5.73 Å². The van der Waals surface area contributed by atoms with Gasteiger partial charge in [0.2, 0.25) is 5.91 Å². The lowest BCUT2D eigenvalue weighted by atomic mass is 10.1. The van der Waals surface area contributed by atoms with Gasteiger partial charge in [-0.1, -0.05) is 11.8 Å². The summed E-state index contributed by atoms with van der Waals surface area (Å²) in [5.41, 5.74) is 5.98. The molecule has 0 bridgehead atoms. The number of nitrogens with two attached hydrogens (primary N) is 1. The molecule has 1 unspecified atom stereocenters. The second kappa shape index (κ2) is 7.26. The molecule has 6 heteroatoms. The fourth-order valence-electron chi connectivity index (χ4n) is 1.55. The van der Waals surface area contributed by atoms with E-state index in [1.165, 1.54) is 11.1 Å². The lowest BCUT2D eigenvalue weighted by molar-refractivity contribution is -0.130. The van der Waals surface area contributed by atoms with E-state index in [2.05, 4.69) is 22.1 Å². The second-order valence-electron chi connectivity index (χ2n) is 4.33. The van der Waals surface area contributed by atoms with Gasteiger partial charge in [0.15, 0.2) is 0 Å². The third-order valence-electron chi connectivity index (χ3n) is 2.51. The van der Waals surface area contributed by atoms with E-state index >= 15 is 0 Å². The lowest BCUT2D eigenvalue weighted by Gasteiger charge is -2.17. The molecule has 1 heterocycles. The van der Waals surface area contributed by atoms with Crippen LogP contribution in [0.1, 0.15) is 23.0 Å². The number of hydrogen-bond donors (Lipinski definition) is 2. The van der Waals surface area contributed by atoms with Gasteiger partial charge in [0, 0.05) is 20.3 Å². The summed E-state index contributed by atoms with van der Waals surface area (Å²) >= 11 is 0. The van der Waals surface area contributed by atoms with Crippen molar-refractivity contribution in [1.82, 2.24) is 15.2 Å². The van der Waals surface area contributed by atoms with E-state index in [9.17, 15) is 9.59 Å². The van der Waals surface area contributed by atoms with E-state index < -0.39 is 11.9 Å². The molecule has 0 aliphatic heterocycles. The van der Waals surface area contributed by atoms with E-state index in [1.54, 1.807) is 33.2 Å². The molecule has 0 aliphatic rings. The van der Waals surface area contributed by atoms with E-state index in [4.69, 9.17) is 5.73 Å². The van der Waals surface area contributed by atoms with Crippen LogP contribution in [0.2, 0.25) is 0 Å². The lowest BCUT2D eigenvalue weighted by Crippen LogP contribution is -2.44. The predicted octanol–water partition coefficient (Wildman–Crippen LogP) is -0.402. The van der Waals surface area contributed by atoms with Crippen molar-refractivity contribution >= 4 is 11.8 Å². The van der Waals surface area contributed by atoms with Crippen molar-refractivity contribution in [1.29, 1.82) is 0 Å². The van der Waals surface area contributed by atoms with Crippen molar-refractivity contribution in [3.63, 3.8) is 0 Å². The van der Waals surface area contributed by atoms with Crippen LogP contribution in [0.4, 0.5) is 0 Å². The maximum atomic E-state index is 12.1. The third-order valence-corrected chi connectivity index (χ3v) is 2.51. The first-order valence-electron chi connectivity index (χ1n) is 6.13. The molecule has 3 N–H and O–H groups in total. The average molecular weight is 274 g/mol. The Morgan fingerprint density at radius 1 is 1.50 bits per heavy atom. The van der Waals surface area contributed by atoms with Gasteiger partial charge in [-0.3, -0.25) is 9.59 Å². The number of carbonyl (C=O) groups excluding carboxylic acids is 2. The quantitative estimate of drug-likeness (QED) is 0.734. The van der Waals surface area contributed by atoms with Gasteiger partial charge < -0.3 is 16.0 Å². The first-order valence-corrected chi connectivity index (χ1v) is 6.13. The minimum absolute atomic E-state index is 0.187. The maximum Gasteiger partial charge on any atom is 0.271 e.